The summed E-state index contributed by atoms with van der Waals surface area (Å²) in [6.07, 6.45) is 3.62. The average Bonchev–Trinajstić information content (AvgIpc) is 2.12. The third kappa shape index (κ3) is 1.22. The maximum atomic E-state index is 5.74. The molecule has 0 unspecified atom stereocenters. The van der Waals surface area contributed by atoms with Crippen LogP contribution in [-0.4, -0.2) is 16.0 Å². The van der Waals surface area contributed by atoms with Gasteiger partial charge in [-0.25, -0.2) is 0 Å². The number of aromatic nitrogens is 2. The zero-order valence-corrected chi connectivity index (χ0v) is 6.83. The minimum absolute atomic E-state index is 0.727. The van der Waals surface area contributed by atoms with E-state index >= 15 is 0 Å². The molecule has 0 aliphatic rings. The first-order chi connectivity index (χ1) is 4.25. The Labute approximate surface area is 63.2 Å². The Morgan fingerprint density at radius 2 is 2.44 bits per heavy atom. The van der Waals surface area contributed by atoms with Gasteiger partial charge in [-0.05, 0) is 6.26 Å². The van der Waals surface area contributed by atoms with E-state index in [0.717, 1.165) is 10.0 Å². The Morgan fingerprint density at radius 1 is 1.78 bits per heavy atom. The number of aryl methyl sites for hydroxylation is 1. The highest BCUT2D eigenvalue weighted by atomic mass is 35.5. The summed E-state index contributed by atoms with van der Waals surface area (Å²) in [6, 6.07) is 0. The van der Waals surface area contributed by atoms with Crippen LogP contribution in [0.3, 0.4) is 0 Å². The van der Waals surface area contributed by atoms with Gasteiger partial charge in [-0.3, -0.25) is 4.68 Å². The monoisotopic (exact) mass is 162 g/mol. The summed E-state index contributed by atoms with van der Waals surface area (Å²) in [5, 5.41) is 5.69. The second-order valence-electron chi connectivity index (χ2n) is 1.63. The van der Waals surface area contributed by atoms with Crippen molar-refractivity contribution in [3.05, 3.63) is 11.2 Å². The lowest BCUT2D eigenvalue weighted by atomic mass is 10.7. The van der Waals surface area contributed by atoms with Gasteiger partial charge in [-0.2, -0.15) is 5.10 Å². The molecule has 4 heteroatoms. The second kappa shape index (κ2) is 2.62. The third-order valence-electron chi connectivity index (χ3n) is 1.04. The van der Waals surface area contributed by atoms with E-state index in [1.54, 1.807) is 22.6 Å². The molecule has 1 rings (SSSR count). The smallest absolute Gasteiger partial charge is 0.112 e. The molecule has 1 aromatic heterocycles. The maximum Gasteiger partial charge on any atom is 0.112 e. The zero-order chi connectivity index (χ0) is 6.85. The van der Waals surface area contributed by atoms with Crippen molar-refractivity contribution in [1.29, 1.82) is 0 Å². The van der Waals surface area contributed by atoms with Crippen molar-refractivity contribution in [2.24, 2.45) is 7.05 Å². The van der Waals surface area contributed by atoms with E-state index in [1.807, 2.05) is 13.3 Å². The van der Waals surface area contributed by atoms with Crippen LogP contribution in [0.4, 0.5) is 0 Å². The standard InChI is InChI=1S/C5H7ClN2S/c1-8-5(9-2)4(6)3-7-8/h3H,1-2H3. The topological polar surface area (TPSA) is 17.8 Å². The van der Waals surface area contributed by atoms with E-state index in [2.05, 4.69) is 5.10 Å². The van der Waals surface area contributed by atoms with Gasteiger partial charge in [0.25, 0.3) is 0 Å². The number of hydrogen-bond acceptors (Lipinski definition) is 2. The lowest BCUT2D eigenvalue weighted by Crippen LogP contribution is -1.90. The van der Waals surface area contributed by atoms with Crippen LogP contribution in [0, 0.1) is 0 Å². The van der Waals surface area contributed by atoms with Crippen molar-refractivity contribution in [2.45, 2.75) is 5.03 Å². The summed E-state index contributed by atoms with van der Waals surface area (Å²) in [7, 11) is 1.87. The maximum absolute atomic E-state index is 5.74. The molecule has 2 nitrogen and oxygen atoms in total. The summed E-state index contributed by atoms with van der Waals surface area (Å²) < 4.78 is 1.76. The van der Waals surface area contributed by atoms with Gasteiger partial charge in [-0.15, -0.1) is 11.8 Å². The van der Waals surface area contributed by atoms with Crippen LogP contribution in [0.1, 0.15) is 0 Å². The molecule has 0 N–H and O–H groups in total. The van der Waals surface area contributed by atoms with E-state index < -0.39 is 0 Å². The molecular formula is C5H7ClN2S. The Bertz CT molecular complexity index is 189. The Kier molecular flexibility index (Phi) is 2.03. The molecule has 0 radical (unpaired) electrons. The van der Waals surface area contributed by atoms with Gasteiger partial charge in [-0.1, -0.05) is 11.6 Å². The van der Waals surface area contributed by atoms with Crippen molar-refractivity contribution in [3.63, 3.8) is 0 Å². The van der Waals surface area contributed by atoms with Crippen molar-refractivity contribution < 1.29 is 0 Å². The molecule has 0 fully saturated rings. The molecule has 0 saturated heterocycles. The van der Waals surface area contributed by atoms with Crippen molar-refractivity contribution in [2.75, 3.05) is 6.26 Å². The summed E-state index contributed by atoms with van der Waals surface area (Å²) in [6.45, 7) is 0. The van der Waals surface area contributed by atoms with Crippen LogP contribution in [-0.2, 0) is 7.05 Å². The Morgan fingerprint density at radius 3 is 2.67 bits per heavy atom. The molecule has 1 aromatic rings. The molecule has 9 heavy (non-hydrogen) atoms. The van der Waals surface area contributed by atoms with Gasteiger partial charge in [0.15, 0.2) is 0 Å². The lowest BCUT2D eigenvalue weighted by Gasteiger charge is -1.94. The normalized spacial score (nSPS) is 10.1. The SMILES string of the molecule is CSc1c(Cl)cnn1C. The Balaban J connectivity index is 3.07. The second-order valence-corrected chi connectivity index (χ2v) is 2.83. The molecule has 0 saturated carbocycles. The van der Waals surface area contributed by atoms with Crippen molar-refractivity contribution in [3.8, 4) is 0 Å². The minimum atomic E-state index is 0.727. The Hall–Kier alpha value is -0.150. The van der Waals surface area contributed by atoms with Gasteiger partial charge in [0.05, 0.1) is 11.2 Å². The fourth-order valence-corrected chi connectivity index (χ4v) is 1.59. The first-order valence-electron chi connectivity index (χ1n) is 2.47. The van der Waals surface area contributed by atoms with Crippen LogP contribution < -0.4 is 0 Å². The van der Waals surface area contributed by atoms with E-state index in [9.17, 15) is 0 Å². The molecular weight excluding hydrogens is 156 g/mol. The molecule has 0 bridgehead atoms. The van der Waals surface area contributed by atoms with Crippen molar-refractivity contribution >= 4 is 23.4 Å². The van der Waals surface area contributed by atoms with Gasteiger partial charge < -0.3 is 0 Å². The quantitative estimate of drug-likeness (QED) is 0.586. The molecule has 50 valence electrons. The predicted molar refractivity (Wildman–Crippen MR) is 40.0 cm³/mol. The molecule has 0 atom stereocenters. The highest BCUT2D eigenvalue weighted by Crippen LogP contribution is 2.22. The molecule has 0 aromatic carbocycles. The molecule has 0 aliphatic carbocycles. The molecule has 1 heterocycles. The van der Waals surface area contributed by atoms with Gasteiger partial charge >= 0.3 is 0 Å². The minimum Gasteiger partial charge on any atom is -0.261 e. The summed E-state index contributed by atoms with van der Waals surface area (Å²) in [5.41, 5.74) is 0. The number of halogens is 1. The van der Waals surface area contributed by atoms with Crippen LogP contribution >= 0.6 is 23.4 Å². The largest absolute Gasteiger partial charge is 0.261 e. The van der Waals surface area contributed by atoms with Gasteiger partial charge in [0, 0.05) is 7.05 Å². The fraction of sp³-hybridized carbons (Fsp3) is 0.400. The highest BCUT2D eigenvalue weighted by molar-refractivity contribution is 7.98. The molecule has 0 amide bonds. The highest BCUT2D eigenvalue weighted by Gasteiger charge is 2.01. The van der Waals surface area contributed by atoms with E-state index in [0.29, 0.717) is 0 Å². The van der Waals surface area contributed by atoms with Crippen LogP contribution in [0.5, 0.6) is 0 Å². The van der Waals surface area contributed by atoms with Crippen LogP contribution in [0.2, 0.25) is 5.02 Å². The summed E-state index contributed by atoms with van der Waals surface area (Å²) in [5.74, 6) is 0. The van der Waals surface area contributed by atoms with Gasteiger partial charge in [0.2, 0.25) is 0 Å². The van der Waals surface area contributed by atoms with E-state index in [4.69, 9.17) is 11.6 Å². The predicted octanol–water partition coefficient (Wildman–Crippen LogP) is 1.80. The summed E-state index contributed by atoms with van der Waals surface area (Å²) >= 11 is 7.34. The third-order valence-corrected chi connectivity index (χ3v) is 2.30. The number of nitrogens with zero attached hydrogens (tertiary/aromatic N) is 2. The average molecular weight is 163 g/mol. The van der Waals surface area contributed by atoms with Crippen LogP contribution in [0.25, 0.3) is 0 Å². The van der Waals surface area contributed by atoms with E-state index in [-0.39, 0.29) is 0 Å². The zero-order valence-electron chi connectivity index (χ0n) is 5.26. The van der Waals surface area contributed by atoms with E-state index in [1.165, 1.54) is 0 Å². The van der Waals surface area contributed by atoms with Gasteiger partial charge in [0.1, 0.15) is 5.03 Å². The number of hydrogen-bond donors (Lipinski definition) is 0. The lowest BCUT2D eigenvalue weighted by molar-refractivity contribution is 0.700. The fourth-order valence-electron chi connectivity index (χ4n) is 0.629. The number of rotatable bonds is 1. The first-order valence-corrected chi connectivity index (χ1v) is 4.07. The molecule has 0 spiro atoms. The summed E-state index contributed by atoms with van der Waals surface area (Å²) in [4.78, 5) is 0. The van der Waals surface area contributed by atoms with Crippen LogP contribution in [0.15, 0.2) is 11.2 Å². The van der Waals surface area contributed by atoms with Crippen molar-refractivity contribution in [1.82, 2.24) is 9.78 Å². The molecule has 0 aliphatic heterocycles. The first kappa shape index (κ1) is 6.96. The number of thioether (sulfide) groups is 1.